The van der Waals surface area contributed by atoms with Gasteiger partial charge in [-0.2, -0.15) is 0 Å². The van der Waals surface area contributed by atoms with Crippen molar-refractivity contribution < 1.29 is 8.42 Å². The molecule has 3 rings (SSSR count). The van der Waals surface area contributed by atoms with Crippen LogP contribution in [0.1, 0.15) is 39.2 Å². The summed E-state index contributed by atoms with van der Waals surface area (Å²) >= 11 is 3.62. The van der Waals surface area contributed by atoms with E-state index in [0.717, 1.165) is 47.3 Å². The lowest BCUT2D eigenvalue weighted by atomic mass is 9.87. The topological polar surface area (TPSA) is 75.2 Å². The Balaban J connectivity index is 1.83. The zero-order valence-corrected chi connectivity index (χ0v) is 18.0. The van der Waals surface area contributed by atoms with E-state index in [1.165, 1.54) is 11.8 Å². The Labute approximate surface area is 163 Å². The van der Waals surface area contributed by atoms with Gasteiger partial charge >= 0.3 is 0 Å². The van der Waals surface area contributed by atoms with Crippen LogP contribution in [0.3, 0.4) is 0 Å². The Kier molecular flexibility index (Phi) is 5.29. The fraction of sp³-hybridized carbons (Fsp3) is 0.556. The van der Waals surface area contributed by atoms with Crippen LogP contribution in [0.5, 0.6) is 0 Å². The number of hydrogen-bond donors (Lipinski definition) is 1. The predicted octanol–water partition coefficient (Wildman–Crippen LogP) is 3.21. The minimum absolute atomic E-state index is 0.00342. The first kappa shape index (κ1) is 19.5. The molecule has 0 radical (unpaired) electrons. The van der Waals surface area contributed by atoms with Crippen molar-refractivity contribution in [1.29, 1.82) is 0 Å². The molecule has 0 unspecified atom stereocenters. The number of benzene rings is 1. The van der Waals surface area contributed by atoms with Crippen molar-refractivity contribution in [2.75, 3.05) is 24.2 Å². The number of anilines is 1. The largest absolute Gasteiger partial charge is 0.355 e. The normalized spacial score (nSPS) is 17.0. The molecule has 1 saturated heterocycles. The van der Waals surface area contributed by atoms with Crippen LogP contribution >= 0.6 is 15.9 Å². The molecule has 0 spiro atoms. The maximum absolute atomic E-state index is 11.4. The van der Waals surface area contributed by atoms with Gasteiger partial charge in [-0.1, -0.05) is 20.8 Å². The standard InChI is InChI=1S/C18H25BrN4O2S/c1-18(2,3)12-9-14(19)17-15(10-12)21-16(11-20-17)23-7-5-13(6-8-23)22-26(4,24)25/h9-11,13,22H,5-8H2,1-4H3. The summed E-state index contributed by atoms with van der Waals surface area (Å²) < 4.78 is 26.4. The van der Waals surface area contributed by atoms with Gasteiger partial charge in [0.15, 0.2) is 0 Å². The molecule has 2 aromatic rings. The molecule has 0 bridgehead atoms. The Morgan fingerprint density at radius 1 is 1.23 bits per heavy atom. The SMILES string of the molecule is CC(C)(C)c1cc(Br)c2ncc(N3CCC(NS(C)(=O)=O)CC3)nc2c1. The number of piperidine rings is 1. The second-order valence-corrected chi connectivity index (χ2v) is 10.6. The number of sulfonamides is 1. The van der Waals surface area contributed by atoms with E-state index in [4.69, 9.17) is 4.98 Å². The van der Waals surface area contributed by atoms with Gasteiger partial charge in [0.25, 0.3) is 0 Å². The Hall–Kier alpha value is -1.25. The van der Waals surface area contributed by atoms with Gasteiger partial charge in [-0.15, -0.1) is 0 Å². The summed E-state index contributed by atoms with van der Waals surface area (Å²) in [5.74, 6) is 0.841. The van der Waals surface area contributed by atoms with E-state index in [1.54, 1.807) is 6.20 Å². The third-order valence-electron chi connectivity index (χ3n) is 4.65. The zero-order chi connectivity index (χ0) is 19.1. The third kappa shape index (κ3) is 4.53. The van der Waals surface area contributed by atoms with Crippen molar-refractivity contribution in [2.45, 2.75) is 45.1 Å². The Morgan fingerprint density at radius 2 is 1.88 bits per heavy atom. The van der Waals surface area contributed by atoms with Gasteiger partial charge in [-0.3, -0.25) is 0 Å². The molecule has 0 amide bonds. The highest BCUT2D eigenvalue weighted by molar-refractivity contribution is 9.10. The lowest BCUT2D eigenvalue weighted by molar-refractivity contribution is 0.460. The quantitative estimate of drug-likeness (QED) is 0.792. The molecule has 0 saturated carbocycles. The van der Waals surface area contributed by atoms with Gasteiger partial charge in [-0.05, 0) is 51.9 Å². The van der Waals surface area contributed by atoms with Gasteiger partial charge in [0, 0.05) is 23.6 Å². The van der Waals surface area contributed by atoms with Gasteiger partial charge in [0.1, 0.15) is 11.3 Å². The fourth-order valence-electron chi connectivity index (χ4n) is 3.19. The number of halogens is 1. The minimum Gasteiger partial charge on any atom is -0.355 e. The first-order chi connectivity index (χ1) is 12.0. The average Bonchev–Trinajstić information content (AvgIpc) is 2.52. The Bertz CT molecular complexity index is 917. The number of nitrogens with zero attached hydrogens (tertiary/aromatic N) is 3. The maximum atomic E-state index is 11.4. The molecule has 1 aromatic heterocycles. The summed E-state index contributed by atoms with van der Waals surface area (Å²) in [6.07, 6.45) is 4.53. The number of fused-ring (bicyclic) bond motifs is 1. The molecule has 8 heteroatoms. The van der Waals surface area contributed by atoms with E-state index in [0.29, 0.717) is 0 Å². The van der Waals surface area contributed by atoms with Crippen molar-refractivity contribution in [2.24, 2.45) is 0 Å². The number of rotatable bonds is 3. The highest BCUT2D eigenvalue weighted by atomic mass is 79.9. The summed E-state index contributed by atoms with van der Waals surface area (Å²) in [7, 11) is -3.16. The van der Waals surface area contributed by atoms with Crippen molar-refractivity contribution >= 4 is 42.8 Å². The van der Waals surface area contributed by atoms with Crippen LogP contribution in [0, 0.1) is 0 Å². The first-order valence-corrected chi connectivity index (χ1v) is 11.4. The number of nitrogens with one attached hydrogen (secondary N) is 1. The van der Waals surface area contributed by atoms with Gasteiger partial charge < -0.3 is 4.90 Å². The molecule has 26 heavy (non-hydrogen) atoms. The summed E-state index contributed by atoms with van der Waals surface area (Å²) in [6, 6.07) is 4.21. The van der Waals surface area contributed by atoms with E-state index >= 15 is 0 Å². The third-order valence-corrected chi connectivity index (χ3v) is 6.02. The van der Waals surface area contributed by atoms with Crippen molar-refractivity contribution in [3.05, 3.63) is 28.4 Å². The smallest absolute Gasteiger partial charge is 0.208 e. The van der Waals surface area contributed by atoms with Crippen LogP contribution in [-0.4, -0.2) is 43.8 Å². The maximum Gasteiger partial charge on any atom is 0.208 e. The second-order valence-electron chi connectivity index (χ2n) is 7.96. The van der Waals surface area contributed by atoms with E-state index in [2.05, 4.69) is 63.4 Å². The molecule has 1 aliphatic heterocycles. The molecule has 142 valence electrons. The molecule has 1 aliphatic rings. The van der Waals surface area contributed by atoms with E-state index < -0.39 is 10.0 Å². The van der Waals surface area contributed by atoms with Crippen LogP contribution in [-0.2, 0) is 15.4 Å². The highest BCUT2D eigenvalue weighted by Crippen LogP contribution is 2.31. The van der Waals surface area contributed by atoms with E-state index in [9.17, 15) is 8.42 Å². The molecule has 1 N–H and O–H groups in total. The van der Waals surface area contributed by atoms with Crippen LogP contribution in [0.15, 0.2) is 22.8 Å². The van der Waals surface area contributed by atoms with Gasteiger partial charge in [0.2, 0.25) is 10.0 Å². The summed E-state index contributed by atoms with van der Waals surface area (Å²) in [5, 5.41) is 0. The molecule has 2 heterocycles. The monoisotopic (exact) mass is 440 g/mol. The van der Waals surface area contributed by atoms with Gasteiger partial charge in [-0.25, -0.2) is 23.1 Å². The summed E-state index contributed by atoms with van der Waals surface area (Å²) in [5.41, 5.74) is 2.97. The van der Waals surface area contributed by atoms with Crippen LogP contribution < -0.4 is 9.62 Å². The van der Waals surface area contributed by atoms with Crippen molar-refractivity contribution in [3.8, 4) is 0 Å². The molecule has 0 atom stereocenters. The van der Waals surface area contributed by atoms with E-state index in [-0.39, 0.29) is 11.5 Å². The number of hydrogen-bond acceptors (Lipinski definition) is 5. The predicted molar refractivity (Wildman–Crippen MR) is 109 cm³/mol. The number of aromatic nitrogens is 2. The average molecular weight is 441 g/mol. The fourth-order valence-corrected chi connectivity index (χ4v) is 4.58. The van der Waals surface area contributed by atoms with E-state index in [1.807, 2.05) is 0 Å². The Morgan fingerprint density at radius 3 is 2.46 bits per heavy atom. The van der Waals surface area contributed by atoms with Crippen LogP contribution in [0.2, 0.25) is 0 Å². The molecule has 0 aliphatic carbocycles. The van der Waals surface area contributed by atoms with Crippen molar-refractivity contribution in [3.63, 3.8) is 0 Å². The summed E-state index contributed by atoms with van der Waals surface area (Å²) in [6.45, 7) is 8.05. The highest BCUT2D eigenvalue weighted by Gasteiger charge is 2.23. The lowest BCUT2D eigenvalue weighted by Crippen LogP contribution is -2.44. The molecular weight excluding hydrogens is 416 g/mol. The zero-order valence-electron chi connectivity index (χ0n) is 15.6. The molecule has 1 fully saturated rings. The lowest BCUT2D eigenvalue weighted by Gasteiger charge is -2.32. The van der Waals surface area contributed by atoms with Crippen LogP contribution in [0.4, 0.5) is 5.82 Å². The second kappa shape index (κ2) is 7.05. The molecule has 6 nitrogen and oxygen atoms in total. The van der Waals surface area contributed by atoms with Crippen LogP contribution in [0.25, 0.3) is 11.0 Å². The van der Waals surface area contributed by atoms with Gasteiger partial charge in [0.05, 0.1) is 18.0 Å². The summed E-state index contributed by atoms with van der Waals surface area (Å²) in [4.78, 5) is 11.6. The van der Waals surface area contributed by atoms with Crippen molar-refractivity contribution in [1.82, 2.24) is 14.7 Å². The first-order valence-electron chi connectivity index (χ1n) is 8.72. The molecule has 1 aromatic carbocycles. The molecular formula is C18H25BrN4O2S. The minimum atomic E-state index is -3.16.